The number of carbonyl (C=O) groups excluding carboxylic acids is 2. The number of amides is 3. The van der Waals surface area contributed by atoms with Gasteiger partial charge in [-0.15, -0.1) is 0 Å². The lowest BCUT2D eigenvalue weighted by molar-refractivity contribution is -0.127. The Morgan fingerprint density at radius 3 is 2.47 bits per heavy atom. The van der Waals surface area contributed by atoms with E-state index in [-0.39, 0.29) is 11.9 Å². The van der Waals surface area contributed by atoms with E-state index in [0.29, 0.717) is 19.8 Å². The van der Waals surface area contributed by atoms with Crippen molar-refractivity contribution >= 4 is 11.9 Å². The zero-order valence-corrected chi connectivity index (χ0v) is 11.7. The molecule has 108 valence electrons. The van der Waals surface area contributed by atoms with E-state index in [2.05, 4.69) is 12.2 Å². The van der Waals surface area contributed by atoms with E-state index in [1.165, 1.54) is 0 Å². The highest BCUT2D eigenvalue weighted by molar-refractivity contribution is 6.07. The molecule has 5 nitrogen and oxygen atoms in total. The minimum absolute atomic E-state index is 0.102. The van der Waals surface area contributed by atoms with Crippen molar-refractivity contribution < 1.29 is 14.3 Å². The Balaban J connectivity index is 2.04. The number of urea groups is 1. The molecule has 0 aromatic heterocycles. The van der Waals surface area contributed by atoms with Crippen molar-refractivity contribution in [3.63, 3.8) is 0 Å². The summed E-state index contributed by atoms with van der Waals surface area (Å²) >= 11 is 0. The normalized spacial score (nSPS) is 22.7. The van der Waals surface area contributed by atoms with Crippen LogP contribution in [0, 0.1) is 0 Å². The molecule has 0 unspecified atom stereocenters. The van der Waals surface area contributed by atoms with Gasteiger partial charge < -0.3 is 9.64 Å². The van der Waals surface area contributed by atoms with E-state index in [0.717, 1.165) is 44.9 Å². The van der Waals surface area contributed by atoms with Crippen molar-refractivity contribution in [1.29, 1.82) is 0 Å². The SMILES string of the molecule is CCCOCCN1C(=O)NC(=O)C12CCCCCC2. The summed E-state index contributed by atoms with van der Waals surface area (Å²) in [5.74, 6) is -0.102. The summed E-state index contributed by atoms with van der Waals surface area (Å²) < 4.78 is 5.46. The van der Waals surface area contributed by atoms with Crippen LogP contribution in [0.25, 0.3) is 0 Å². The highest BCUT2D eigenvalue weighted by Crippen LogP contribution is 2.35. The fourth-order valence-corrected chi connectivity index (χ4v) is 3.13. The smallest absolute Gasteiger partial charge is 0.325 e. The fourth-order valence-electron chi connectivity index (χ4n) is 3.13. The average Bonchev–Trinajstić information content (AvgIpc) is 2.60. The second-order valence-corrected chi connectivity index (χ2v) is 5.47. The summed E-state index contributed by atoms with van der Waals surface area (Å²) in [5, 5.41) is 2.49. The number of hydrogen-bond donors (Lipinski definition) is 1. The summed E-state index contributed by atoms with van der Waals surface area (Å²) in [6.07, 6.45) is 6.90. The molecule has 1 aliphatic carbocycles. The molecule has 1 N–H and O–H groups in total. The van der Waals surface area contributed by atoms with Crippen molar-refractivity contribution in [2.24, 2.45) is 0 Å². The zero-order chi connectivity index (χ0) is 13.7. The standard InChI is InChI=1S/C14H24N2O3/c1-2-10-19-11-9-16-13(18)15-12(17)14(16)7-5-3-4-6-8-14/h2-11H2,1H3,(H,15,17,18). The molecule has 3 amide bonds. The summed E-state index contributed by atoms with van der Waals surface area (Å²) in [5.41, 5.74) is -0.594. The Morgan fingerprint density at radius 1 is 1.16 bits per heavy atom. The third-order valence-corrected chi connectivity index (χ3v) is 4.14. The Kier molecular flexibility index (Phi) is 4.80. The van der Waals surface area contributed by atoms with Crippen LogP contribution in [-0.4, -0.2) is 42.1 Å². The average molecular weight is 268 g/mol. The molecule has 5 heteroatoms. The van der Waals surface area contributed by atoms with E-state index in [1.54, 1.807) is 4.90 Å². The van der Waals surface area contributed by atoms with Crippen LogP contribution in [0.5, 0.6) is 0 Å². The fraction of sp³-hybridized carbons (Fsp3) is 0.857. The molecule has 1 aliphatic heterocycles. The highest BCUT2D eigenvalue weighted by atomic mass is 16.5. The van der Waals surface area contributed by atoms with Gasteiger partial charge in [0.1, 0.15) is 5.54 Å². The molecule has 2 fully saturated rings. The molecule has 2 aliphatic rings. The van der Waals surface area contributed by atoms with Crippen LogP contribution < -0.4 is 5.32 Å². The van der Waals surface area contributed by atoms with Gasteiger partial charge >= 0.3 is 6.03 Å². The molecule has 1 saturated carbocycles. The van der Waals surface area contributed by atoms with Crippen LogP contribution in [-0.2, 0) is 9.53 Å². The molecule has 19 heavy (non-hydrogen) atoms. The van der Waals surface area contributed by atoms with Gasteiger partial charge in [0.25, 0.3) is 5.91 Å². The molecule has 0 radical (unpaired) electrons. The summed E-state index contributed by atoms with van der Waals surface area (Å²) in [7, 11) is 0. The minimum atomic E-state index is -0.594. The third-order valence-electron chi connectivity index (χ3n) is 4.14. The van der Waals surface area contributed by atoms with Crippen molar-refractivity contribution in [2.75, 3.05) is 19.8 Å². The van der Waals surface area contributed by atoms with Gasteiger partial charge in [0.2, 0.25) is 0 Å². The Bertz CT molecular complexity index is 336. The molecule has 0 bridgehead atoms. The van der Waals surface area contributed by atoms with E-state index >= 15 is 0 Å². The van der Waals surface area contributed by atoms with Gasteiger partial charge in [0.05, 0.1) is 6.61 Å². The maximum absolute atomic E-state index is 12.2. The highest BCUT2D eigenvalue weighted by Gasteiger charge is 2.51. The Morgan fingerprint density at radius 2 is 1.84 bits per heavy atom. The van der Waals surface area contributed by atoms with Crippen LogP contribution in [0.1, 0.15) is 51.9 Å². The monoisotopic (exact) mass is 268 g/mol. The molecular weight excluding hydrogens is 244 g/mol. The first kappa shape index (κ1) is 14.3. The molecule has 1 heterocycles. The number of hydrogen-bond acceptors (Lipinski definition) is 3. The van der Waals surface area contributed by atoms with Crippen molar-refractivity contribution in [2.45, 2.75) is 57.4 Å². The second-order valence-electron chi connectivity index (χ2n) is 5.47. The van der Waals surface area contributed by atoms with E-state index < -0.39 is 5.54 Å². The van der Waals surface area contributed by atoms with Crippen molar-refractivity contribution in [3.8, 4) is 0 Å². The van der Waals surface area contributed by atoms with Gasteiger partial charge in [-0.2, -0.15) is 0 Å². The summed E-state index contributed by atoms with van der Waals surface area (Å²) in [6, 6.07) is -0.244. The summed E-state index contributed by atoms with van der Waals surface area (Å²) in [4.78, 5) is 25.9. The molecule has 0 atom stereocenters. The van der Waals surface area contributed by atoms with Gasteiger partial charge in [0, 0.05) is 13.2 Å². The molecule has 1 spiro atoms. The van der Waals surface area contributed by atoms with E-state index in [1.807, 2.05) is 0 Å². The second kappa shape index (κ2) is 6.37. The predicted octanol–water partition coefficient (Wildman–Crippen LogP) is 2.06. The quantitative estimate of drug-likeness (QED) is 0.613. The number of nitrogens with zero attached hydrogens (tertiary/aromatic N) is 1. The van der Waals surface area contributed by atoms with E-state index in [4.69, 9.17) is 4.74 Å². The summed E-state index contributed by atoms with van der Waals surface area (Å²) in [6.45, 7) is 3.78. The van der Waals surface area contributed by atoms with Crippen molar-refractivity contribution in [3.05, 3.63) is 0 Å². The lowest BCUT2D eigenvalue weighted by Gasteiger charge is -2.34. The molecule has 1 saturated heterocycles. The van der Waals surface area contributed by atoms with Gasteiger partial charge in [-0.1, -0.05) is 32.6 Å². The lowest BCUT2D eigenvalue weighted by Crippen LogP contribution is -2.50. The third kappa shape index (κ3) is 2.91. The maximum atomic E-state index is 12.2. The number of rotatable bonds is 5. The first-order valence-corrected chi connectivity index (χ1v) is 7.41. The minimum Gasteiger partial charge on any atom is -0.380 e. The van der Waals surface area contributed by atoms with E-state index in [9.17, 15) is 9.59 Å². The molecule has 0 aromatic rings. The van der Waals surface area contributed by atoms with Gasteiger partial charge in [0.15, 0.2) is 0 Å². The topological polar surface area (TPSA) is 58.6 Å². The molecule has 0 aromatic carbocycles. The predicted molar refractivity (Wildman–Crippen MR) is 71.8 cm³/mol. The maximum Gasteiger partial charge on any atom is 0.325 e. The number of carbonyl (C=O) groups is 2. The number of imide groups is 1. The van der Waals surface area contributed by atoms with Crippen LogP contribution in [0.4, 0.5) is 4.79 Å². The Hall–Kier alpha value is -1.10. The zero-order valence-electron chi connectivity index (χ0n) is 11.7. The van der Waals surface area contributed by atoms with Gasteiger partial charge in [-0.25, -0.2) is 4.79 Å². The molecular formula is C14H24N2O3. The largest absolute Gasteiger partial charge is 0.380 e. The Labute approximate surface area is 114 Å². The first-order valence-electron chi connectivity index (χ1n) is 7.41. The first-order chi connectivity index (χ1) is 9.20. The van der Waals surface area contributed by atoms with Gasteiger partial charge in [-0.05, 0) is 19.3 Å². The lowest BCUT2D eigenvalue weighted by atomic mass is 9.89. The van der Waals surface area contributed by atoms with Crippen LogP contribution in [0.2, 0.25) is 0 Å². The molecule has 2 rings (SSSR count). The van der Waals surface area contributed by atoms with Crippen molar-refractivity contribution in [1.82, 2.24) is 10.2 Å². The number of ether oxygens (including phenoxy) is 1. The number of nitrogens with one attached hydrogen (secondary N) is 1. The van der Waals surface area contributed by atoms with Gasteiger partial charge in [-0.3, -0.25) is 10.1 Å². The van der Waals surface area contributed by atoms with Crippen LogP contribution >= 0.6 is 0 Å². The van der Waals surface area contributed by atoms with Crippen LogP contribution in [0.15, 0.2) is 0 Å². The van der Waals surface area contributed by atoms with Crippen LogP contribution in [0.3, 0.4) is 0 Å².